The molecule has 0 aromatic rings. The van der Waals surface area contributed by atoms with Crippen molar-refractivity contribution in [2.75, 3.05) is 26.4 Å². The lowest BCUT2D eigenvalue weighted by atomic mass is 10.1. The Morgan fingerprint density at radius 1 is 0.673 bits per heavy atom. The van der Waals surface area contributed by atoms with E-state index in [1.54, 1.807) is 12.3 Å². The van der Waals surface area contributed by atoms with Crippen molar-refractivity contribution in [1.29, 1.82) is 0 Å². The Kier molecular flexibility index (Phi) is 38.8. The van der Waals surface area contributed by atoms with Gasteiger partial charge in [-0.2, -0.15) is 0 Å². The van der Waals surface area contributed by atoms with Crippen LogP contribution in [-0.4, -0.2) is 54.5 Å². The molecule has 0 aromatic carbocycles. The topological polar surface area (TPSA) is 138 Å². The Morgan fingerprint density at radius 2 is 1.25 bits per heavy atom. The van der Waals surface area contributed by atoms with E-state index in [0.29, 0.717) is 12.8 Å². The number of hydrogen-bond donors (Lipinski definition) is 3. The largest absolute Gasteiger partial charge is 0.492 e. The first-order chi connectivity index (χ1) is 26.8. The van der Waals surface area contributed by atoms with E-state index in [1.807, 2.05) is 42.5 Å². The molecule has 2 unspecified atom stereocenters. The summed E-state index contributed by atoms with van der Waals surface area (Å²) < 4.78 is 33.0. The number of phosphoric ester groups is 1. The van der Waals surface area contributed by atoms with Crippen LogP contribution in [0, 0.1) is 0 Å². The van der Waals surface area contributed by atoms with Gasteiger partial charge in [0.25, 0.3) is 0 Å². The molecule has 0 heterocycles. The lowest BCUT2D eigenvalue weighted by molar-refractivity contribution is -0.147. The molecule has 0 aliphatic carbocycles. The van der Waals surface area contributed by atoms with E-state index in [9.17, 15) is 19.4 Å². The normalized spacial score (nSPS) is 15.0. The molecular weight excluding hydrogens is 713 g/mol. The second-order valence-corrected chi connectivity index (χ2v) is 14.8. The van der Waals surface area contributed by atoms with Crippen molar-refractivity contribution < 1.29 is 37.9 Å². The van der Waals surface area contributed by atoms with Crippen molar-refractivity contribution in [2.45, 2.75) is 154 Å². The van der Waals surface area contributed by atoms with Crippen LogP contribution in [0.25, 0.3) is 0 Å². The highest BCUT2D eigenvalue weighted by Crippen LogP contribution is 2.43. The number of ether oxygens (including phenoxy) is 2. The van der Waals surface area contributed by atoms with Crippen molar-refractivity contribution in [3.8, 4) is 0 Å². The number of aliphatic hydroxyl groups is 1. The highest BCUT2D eigenvalue weighted by atomic mass is 31.2. The third-order valence-electron chi connectivity index (χ3n) is 8.17. The Bertz CT molecular complexity index is 1170. The molecule has 0 saturated carbocycles. The van der Waals surface area contributed by atoms with Gasteiger partial charge in [0.1, 0.15) is 6.61 Å². The van der Waals surface area contributed by atoms with E-state index in [4.69, 9.17) is 24.3 Å². The molecule has 9 nitrogen and oxygen atoms in total. The molecule has 314 valence electrons. The maximum atomic E-state index is 12.4. The molecular formula is C45H76NO8P. The second kappa shape index (κ2) is 40.9. The molecule has 0 aliphatic heterocycles. The third kappa shape index (κ3) is 40.7. The first-order valence-electron chi connectivity index (χ1n) is 20.9. The van der Waals surface area contributed by atoms with Crippen LogP contribution in [0.15, 0.2) is 97.4 Å². The van der Waals surface area contributed by atoms with Crippen LogP contribution in [0.5, 0.6) is 0 Å². The number of rotatable bonds is 38. The molecule has 4 N–H and O–H groups in total. The van der Waals surface area contributed by atoms with Crippen molar-refractivity contribution in [1.82, 2.24) is 0 Å². The van der Waals surface area contributed by atoms with Crippen LogP contribution in [0.1, 0.15) is 142 Å². The standard InChI is InChI=1S/C45H76NO8P/c1-3-5-7-8-9-10-11-12-13-14-18-21-24-27-30-34-39-51-44(42-54-55(49,50)53-40-38-46)41-52-45(48)37-33-29-26-23-20-17-15-16-19-22-25-28-32-36-43(47)35-31-6-4-2/h6,12-13,16-17,19-20,25-26,28-29,31-32,34,36,39,43-44,47H,3-5,7-11,14-15,18,21-24,27,30,33,35,37-38,40-42,46H2,1-2H3,(H,49,50)/b13-12-,19-16-,20-17-,28-25+,29-26-,31-6-,36-32+,39-34+/t43?,44-/m1/s1. The summed E-state index contributed by atoms with van der Waals surface area (Å²) in [6, 6.07) is 0. The Hall–Kier alpha value is -2.78. The maximum Gasteiger partial charge on any atom is 0.472 e. The number of esters is 1. The molecule has 0 fully saturated rings. The van der Waals surface area contributed by atoms with Gasteiger partial charge in [0.2, 0.25) is 0 Å². The maximum absolute atomic E-state index is 12.4. The predicted molar refractivity (Wildman–Crippen MR) is 229 cm³/mol. The SMILES string of the molecule is CC/C=C\CC(O)/C=C/C=C/C/C=C\C/C=C\C/C=C\CCC(=O)OC[C@H](COP(=O)(O)OCCN)O/C=C/CCCCCC/C=C\CCCCCCCC. The number of allylic oxidation sites excluding steroid dienone is 13. The van der Waals surface area contributed by atoms with E-state index in [2.05, 4.69) is 56.4 Å². The summed E-state index contributed by atoms with van der Waals surface area (Å²) in [5, 5.41) is 9.83. The van der Waals surface area contributed by atoms with E-state index >= 15 is 0 Å². The predicted octanol–water partition coefficient (Wildman–Crippen LogP) is 11.6. The van der Waals surface area contributed by atoms with Crippen molar-refractivity contribution >= 4 is 13.8 Å². The van der Waals surface area contributed by atoms with E-state index in [-0.39, 0.29) is 32.8 Å². The van der Waals surface area contributed by atoms with Gasteiger partial charge in [-0.3, -0.25) is 13.8 Å². The summed E-state index contributed by atoms with van der Waals surface area (Å²) in [5.41, 5.74) is 5.35. The lowest BCUT2D eigenvalue weighted by Gasteiger charge is -2.19. The summed E-state index contributed by atoms with van der Waals surface area (Å²) in [5.74, 6) is -0.392. The van der Waals surface area contributed by atoms with Gasteiger partial charge in [0, 0.05) is 13.0 Å². The number of unbranched alkanes of at least 4 members (excludes halogenated alkanes) is 11. The van der Waals surface area contributed by atoms with Crippen molar-refractivity contribution in [2.24, 2.45) is 5.73 Å². The Morgan fingerprint density at radius 3 is 1.89 bits per heavy atom. The fraction of sp³-hybridized carbons (Fsp3) is 0.622. The van der Waals surface area contributed by atoms with Crippen molar-refractivity contribution in [3.63, 3.8) is 0 Å². The molecule has 55 heavy (non-hydrogen) atoms. The fourth-order valence-corrected chi connectivity index (χ4v) is 5.79. The number of hydrogen-bond acceptors (Lipinski definition) is 8. The zero-order valence-electron chi connectivity index (χ0n) is 34.2. The number of phosphoric acid groups is 1. The van der Waals surface area contributed by atoms with Gasteiger partial charge >= 0.3 is 13.8 Å². The smallest absolute Gasteiger partial charge is 0.472 e. The third-order valence-corrected chi connectivity index (χ3v) is 9.15. The quantitative estimate of drug-likeness (QED) is 0.0139. The minimum atomic E-state index is -4.30. The lowest BCUT2D eigenvalue weighted by Crippen LogP contribution is -2.25. The fourth-order valence-electron chi connectivity index (χ4n) is 5.02. The zero-order valence-corrected chi connectivity index (χ0v) is 35.1. The minimum Gasteiger partial charge on any atom is -0.492 e. The molecule has 0 rings (SSSR count). The van der Waals surface area contributed by atoms with Gasteiger partial charge in [0.15, 0.2) is 6.10 Å². The second-order valence-electron chi connectivity index (χ2n) is 13.4. The van der Waals surface area contributed by atoms with Crippen LogP contribution in [0.4, 0.5) is 0 Å². The summed E-state index contributed by atoms with van der Waals surface area (Å²) in [6.07, 6.45) is 51.5. The number of nitrogens with two attached hydrogens (primary N) is 1. The van der Waals surface area contributed by atoms with Gasteiger partial charge in [-0.1, -0.05) is 144 Å². The molecule has 0 bridgehead atoms. The highest BCUT2D eigenvalue weighted by Gasteiger charge is 2.24. The van der Waals surface area contributed by atoms with E-state index < -0.39 is 26.0 Å². The van der Waals surface area contributed by atoms with Crippen LogP contribution in [-0.2, 0) is 27.9 Å². The van der Waals surface area contributed by atoms with Crippen LogP contribution < -0.4 is 5.73 Å². The molecule has 0 amide bonds. The van der Waals surface area contributed by atoms with E-state index in [1.165, 1.54) is 57.8 Å². The molecule has 0 spiro atoms. The highest BCUT2D eigenvalue weighted by molar-refractivity contribution is 7.47. The first kappa shape index (κ1) is 52.2. The molecule has 0 aromatic heterocycles. The molecule has 3 atom stereocenters. The van der Waals surface area contributed by atoms with Gasteiger partial charge in [-0.05, 0) is 83.1 Å². The zero-order chi connectivity index (χ0) is 40.3. The Labute approximate surface area is 334 Å². The first-order valence-corrected chi connectivity index (χ1v) is 22.4. The van der Waals surface area contributed by atoms with E-state index in [0.717, 1.165) is 51.4 Å². The van der Waals surface area contributed by atoms with Gasteiger partial charge in [-0.15, -0.1) is 0 Å². The summed E-state index contributed by atoms with van der Waals surface area (Å²) in [6.45, 7) is 3.87. The summed E-state index contributed by atoms with van der Waals surface area (Å²) in [7, 11) is -4.30. The summed E-state index contributed by atoms with van der Waals surface area (Å²) in [4.78, 5) is 22.2. The molecule has 0 saturated heterocycles. The summed E-state index contributed by atoms with van der Waals surface area (Å²) >= 11 is 0. The monoisotopic (exact) mass is 790 g/mol. The molecule has 0 aliphatic rings. The average Bonchev–Trinajstić information content (AvgIpc) is 3.17. The van der Waals surface area contributed by atoms with Crippen molar-refractivity contribution in [3.05, 3.63) is 97.4 Å². The minimum absolute atomic E-state index is 0.0782. The van der Waals surface area contributed by atoms with Gasteiger partial charge in [0.05, 0.1) is 25.6 Å². The van der Waals surface area contributed by atoms with Gasteiger partial charge in [-0.25, -0.2) is 4.57 Å². The van der Waals surface area contributed by atoms with Crippen LogP contribution in [0.2, 0.25) is 0 Å². The average molecular weight is 790 g/mol. The van der Waals surface area contributed by atoms with Crippen LogP contribution >= 0.6 is 7.82 Å². The molecule has 0 radical (unpaired) electrons. The number of carbonyl (C=O) groups is 1. The number of aliphatic hydroxyl groups excluding tert-OH is 1. The number of carbonyl (C=O) groups excluding carboxylic acids is 1. The Balaban J connectivity index is 4.31. The molecule has 10 heteroatoms. The van der Waals surface area contributed by atoms with Gasteiger partial charge < -0.3 is 25.2 Å². The van der Waals surface area contributed by atoms with Crippen LogP contribution in [0.3, 0.4) is 0 Å².